The lowest BCUT2D eigenvalue weighted by Crippen LogP contribution is -2.07. The van der Waals surface area contributed by atoms with Crippen LogP contribution in [0.25, 0.3) is 11.0 Å². The SMILES string of the molecule is CCOC(C)c1nc(N)c2cc[nH]c2n1. The van der Waals surface area contributed by atoms with Crippen LogP contribution >= 0.6 is 0 Å². The second-order valence-electron chi connectivity index (χ2n) is 3.30. The zero-order chi connectivity index (χ0) is 10.8. The van der Waals surface area contributed by atoms with Crippen molar-refractivity contribution in [1.29, 1.82) is 0 Å². The molecule has 0 aliphatic heterocycles. The number of ether oxygens (including phenoxy) is 1. The summed E-state index contributed by atoms with van der Waals surface area (Å²) in [5.41, 5.74) is 6.56. The Labute approximate surface area is 87.7 Å². The molecule has 0 fully saturated rings. The summed E-state index contributed by atoms with van der Waals surface area (Å²) >= 11 is 0. The fourth-order valence-corrected chi connectivity index (χ4v) is 1.49. The van der Waals surface area contributed by atoms with E-state index in [4.69, 9.17) is 10.5 Å². The fourth-order valence-electron chi connectivity index (χ4n) is 1.49. The largest absolute Gasteiger partial charge is 0.383 e. The summed E-state index contributed by atoms with van der Waals surface area (Å²) in [5.74, 6) is 1.10. The number of nitrogen functional groups attached to an aromatic ring is 1. The van der Waals surface area contributed by atoms with E-state index in [1.165, 1.54) is 0 Å². The van der Waals surface area contributed by atoms with Crippen LogP contribution in [-0.4, -0.2) is 21.6 Å². The van der Waals surface area contributed by atoms with Gasteiger partial charge in [-0.3, -0.25) is 0 Å². The van der Waals surface area contributed by atoms with E-state index in [9.17, 15) is 0 Å². The quantitative estimate of drug-likeness (QED) is 0.800. The molecule has 0 amide bonds. The maximum Gasteiger partial charge on any atom is 0.161 e. The Morgan fingerprint density at radius 3 is 3.07 bits per heavy atom. The molecule has 5 nitrogen and oxygen atoms in total. The van der Waals surface area contributed by atoms with Crippen molar-refractivity contribution in [2.45, 2.75) is 20.0 Å². The normalized spacial score (nSPS) is 13.2. The van der Waals surface area contributed by atoms with Crippen molar-refractivity contribution in [2.75, 3.05) is 12.3 Å². The van der Waals surface area contributed by atoms with Crippen LogP contribution in [0.2, 0.25) is 0 Å². The highest BCUT2D eigenvalue weighted by molar-refractivity contribution is 5.85. The molecule has 0 saturated carbocycles. The van der Waals surface area contributed by atoms with Gasteiger partial charge >= 0.3 is 0 Å². The number of aromatic nitrogens is 3. The molecule has 2 heterocycles. The zero-order valence-electron chi connectivity index (χ0n) is 8.82. The molecule has 1 atom stereocenters. The van der Waals surface area contributed by atoms with Crippen molar-refractivity contribution in [1.82, 2.24) is 15.0 Å². The number of hydrogen-bond donors (Lipinski definition) is 2. The minimum absolute atomic E-state index is 0.134. The van der Waals surface area contributed by atoms with Crippen LogP contribution in [-0.2, 0) is 4.74 Å². The van der Waals surface area contributed by atoms with Crippen LogP contribution in [0, 0.1) is 0 Å². The number of H-pyrrole nitrogens is 1. The van der Waals surface area contributed by atoms with Crippen molar-refractivity contribution in [3.05, 3.63) is 18.1 Å². The molecule has 1 unspecified atom stereocenters. The Kier molecular flexibility index (Phi) is 2.55. The second-order valence-corrected chi connectivity index (χ2v) is 3.30. The molecule has 3 N–H and O–H groups in total. The summed E-state index contributed by atoms with van der Waals surface area (Å²) in [4.78, 5) is 11.6. The topological polar surface area (TPSA) is 76.8 Å². The highest BCUT2D eigenvalue weighted by atomic mass is 16.5. The Morgan fingerprint density at radius 1 is 1.53 bits per heavy atom. The molecule has 15 heavy (non-hydrogen) atoms. The number of nitrogens with two attached hydrogens (primary N) is 1. The van der Waals surface area contributed by atoms with Crippen molar-refractivity contribution < 1.29 is 4.74 Å². The lowest BCUT2D eigenvalue weighted by Gasteiger charge is -2.10. The predicted molar refractivity (Wildman–Crippen MR) is 58.3 cm³/mol. The number of fused-ring (bicyclic) bond motifs is 1. The molecule has 2 rings (SSSR count). The van der Waals surface area contributed by atoms with E-state index >= 15 is 0 Å². The lowest BCUT2D eigenvalue weighted by atomic mass is 10.3. The van der Waals surface area contributed by atoms with Crippen LogP contribution in [0.5, 0.6) is 0 Å². The van der Waals surface area contributed by atoms with Crippen LogP contribution in [0.15, 0.2) is 12.3 Å². The van der Waals surface area contributed by atoms with Gasteiger partial charge in [-0.05, 0) is 19.9 Å². The predicted octanol–water partition coefficient (Wildman–Crippen LogP) is 1.64. The molecule has 80 valence electrons. The minimum Gasteiger partial charge on any atom is -0.383 e. The molecule has 2 aromatic rings. The van der Waals surface area contributed by atoms with Gasteiger partial charge in [-0.1, -0.05) is 0 Å². The summed E-state index contributed by atoms with van der Waals surface area (Å²) in [5, 5.41) is 0.849. The number of anilines is 1. The van der Waals surface area contributed by atoms with E-state index in [0.717, 1.165) is 11.0 Å². The van der Waals surface area contributed by atoms with Crippen molar-refractivity contribution in [2.24, 2.45) is 0 Å². The minimum atomic E-state index is -0.134. The van der Waals surface area contributed by atoms with Crippen molar-refractivity contribution in [3.8, 4) is 0 Å². The molecular weight excluding hydrogens is 192 g/mol. The Hall–Kier alpha value is -1.62. The van der Waals surface area contributed by atoms with Crippen LogP contribution in [0.4, 0.5) is 5.82 Å². The number of aromatic amines is 1. The summed E-state index contributed by atoms with van der Waals surface area (Å²) in [6.45, 7) is 4.48. The van der Waals surface area contributed by atoms with Crippen molar-refractivity contribution >= 4 is 16.9 Å². The first kappa shape index (κ1) is 9.92. The number of nitrogens with zero attached hydrogens (tertiary/aromatic N) is 2. The van der Waals surface area contributed by atoms with Crippen LogP contribution in [0.1, 0.15) is 25.8 Å². The van der Waals surface area contributed by atoms with Gasteiger partial charge in [-0.15, -0.1) is 0 Å². The monoisotopic (exact) mass is 206 g/mol. The number of hydrogen-bond acceptors (Lipinski definition) is 4. The third-order valence-corrected chi connectivity index (χ3v) is 2.24. The third-order valence-electron chi connectivity index (χ3n) is 2.24. The molecule has 0 aliphatic rings. The average Bonchev–Trinajstić information content (AvgIpc) is 2.66. The first-order chi connectivity index (χ1) is 7.22. The molecule has 5 heteroatoms. The lowest BCUT2D eigenvalue weighted by molar-refractivity contribution is 0.0704. The smallest absolute Gasteiger partial charge is 0.161 e. The van der Waals surface area contributed by atoms with Gasteiger partial charge in [0.1, 0.15) is 17.6 Å². The summed E-state index contributed by atoms with van der Waals surface area (Å²) in [6, 6.07) is 1.86. The molecule has 0 aromatic carbocycles. The first-order valence-electron chi connectivity index (χ1n) is 4.94. The summed E-state index contributed by atoms with van der Waals surface area (Å²) < 4.78 is 5.41. The van der Waals surface area contributed by atoms with E-state index in [2.05, 4.69) is 15.0 Å². The Bertz CT molecular complexity index is 465. The fraction of sp³-hybridized carbons (Fsp3) is 0.400. The molecule has 0 aliphatic carbocycles. The van der Waals surface area contributed by atoms with E-state index in [0.29, 0.717) is 18.2 Å². The van der Waals surface area contributed by atoms with Gasteiger partial charge in [-0.2, -0.15) is 0 Å². The molecule has 0 spiro atoms. The summed E-state index contributed by atoms with van der Waals surface area (Å²) in [7, 11) is 0. The Morgan fingerprint density at radius 2 is 2.33 bits per heavy atom. The molecule has 2 aromatic heterocycles. The molecular formula is C10H14N4O. The maximum absolute atomic E-state index is 5.81. The zero-order valence-corrected chi connectivity index (χ0v) is 8.82. The van der Waals surface area contributed by atoms with Gasteiger partial charge in [0.15, 0.2) is 5.82 Å². The van der Waals surface area contributed by atoms with Gasteiger partial charge in [0.05, 0.1) is 5.39 Å². The highest BCUT2D eigenvalue weighted by Crippen LogP contribution is 2.20. The van der Waals surface area contributed by atoms with E-state index < -0.39 is 0 Å². The molecule has 0 bridgehead atoms. The van der Waals surface area contributed by atoms with E-state index in [-0.39, 0.29) is 6.10 Å². The third kappa shape index (κ3) is 1.78. The summed E-state index contributed by atoms with van der Waals surface area (Å²) in [6.07, 6.45) is 1.66. The van der Waals surface area contributed by atoms with Gasteiger partial charge in [0.2, 0.25) is 0 Å². The standard InChI is InChI=1S/C10H14N4O/c1-3-15-6(2)9-13-8(11)7-4-5-12-10(7)14-9/h4-6H,3H2,1-2H3,(H3,11,12,13,14). The van der Waals surface area contributed by atoms with Gasteiger partial charge in [0.25, 0.3) is 0 Å². The Balaban J connectivity index is 2.44. The maximum atomic E-state index is 5.81. The van der Waals surface area contributed by atoms with Crippen LogP contribution in [0.3, 0.4) is 0 Å². The van der Waals surface area contributed by atoms with Gasteiger partial charge in [0, 0.05) is 12.8 Å². The average molecular weight is 206 g/mol. The highest BCUT2D eigenvalue weighted by Gasteiger charge is 2.12. The molecule has 0 saturated heterocycles. The van der Waals surface area contributed by atoms with E-state index in [1.54, 1.807) is 6.20 Å². The van der Waals surface area contributed by atoms with E-state index in [1.807, 2.05) is 19.9 Å². The van der Waals surface area contributed by atoms with Gasteiger partial charge < -0.3 is 15.5 Å². The first-order valence-corrected chi connectivity index (χ1v) is 4.94. The second kappa shape index (κ2) is 3.86. The van der Waals surface area contributed by atoms with Gasteiger partial charge in [-0.25, -0.2) is 9.97 Å². The molecule has 0 radical (unpaired) electrons. The number of rotatable bonds is 3. The number of nitrogens with one attached hydrogen (secondary N) is 1. The van der Waals surface area contributed by atoms with Crippen LogP contribution < -0.4 is 5.73 Å². The van der Waals surface area contributed by atoms with Crippen molar-refractivity contribution in [3.63, 3.8) is 0 Å².